The standard InChI is InChI=1S/C13H24O/c1-4-13(14)11(3)10(2)12-8-6-5-7-9-12/h10-12H,4-9H2,1-3H3. The van der Waals surface area contributed by atoms with Crippen LogP contribution in [-0.2, 0) is 4.79 Å². The van der Waals surface area contributed by atoms with E-state index in [0.29, 0.717) is 18.1 Å². The summed E-state index contributed by atoms with van der Waals surface area (Å²) >= 11 is 0. The Morgan fingerprint density at radius 2 is 1.79 bits per heavy atom. The van der Waals surface area contributed by atoms with E-state index in [1.54, 1.807) is 0 Å². The molecule has 0 aromatic rings. The van der Waals surface area contributed by atoms with E-state index in [0.717, 1.165) is 5.92 Å². The molecule has 0 radical (unpaired) electrons. The van der Waals surface area contributed by atoms with Crippen molar-refractivity contribution in [2.24, 2.45) is 17.8 Å². The molecule has 1 nitrogen and oxygen atoms in total. The number of hydrogen-bond donors (Lipinski definition) is 0. The SMILES string of the molecule is CCC(=O)C(C)C(C)C1CCCCC1. The second kappa shape index (κ2) is 5.53. The molecule has 1 rings (SSSR count). The molecule has 2 unspecified atom stereocenters. The Labute approximate surface area is 88.3 Å². The van der Waals surface area contributed by atoms with Gasteiger partial charge in [0.1, 0.15) is 5.78 Å². The molecular formula is C13H24O. The lowest BCUT2D eigenvalue weighted by molar-refractivity contribution is -0.124. The van der Waals surface area contributed by atoms with Gasteiger partial charge in [0.2, 0.25) is 0 Å². The molecule has 0 aromatic carbocycles. The van der Waals surface area contributed by atoms with Crippen LogP contribution in [0.5, 0.6) is 0 Å². The van der Waals surface area contributed by atoms with E-state index in [1.807, 2.05) is 6.92 Å². The van der Waals surface area contributed by atoms with Gasteiger partial charge in [0.15, 0.2) is 0 Å². The Balaban J connectivity index is 2.45. The molecule has 0 saturated heterocycles. The summed E-state index contributed by atoms with van der Waals surface area (Å²) in [7, 11) is 0. The summed E-state index contributed by atoms with van der Waals surface area (Å²) in [4.78, 5) is 11.6. The van der Waals surface area contributed by atoms with E-state index in [4.69, 9.17) is 0 Å². The molecule has 14 heavy (non-hydrogen) atoms. The predicted molar refractivity (Wildman–Crippen MR) is 60.2 cm³/mol. The summed E-state index contributed by atoms with van der Waals surface area (Å²) in [6.45, 7) is 6.37. The molecule has 0 aliphatic heterocycles. The van der Waals surface area contributed by atoms with Gasteiger partial charge in [0.25, 0.3) is 0 Å². The summed E-state index contributed by atoms with van der Waals surface area (Å²) < 4.78 is 0. The summed E-state index contributed by atoms with van der Waals surface area (Å²) in [6, 6.07) is 0. The van der Waals surface area contributed by atoms with Crippen LogP contribution in [0.25, 0.3) is 0 Å². The van der Waals surface area contributed by atoms with Gasteiger partial charge in [-0.15, -0.1) is 0 Å². The number of hydrogen-bond acceptors (Lipinski definition) is 1. The highest BCUT2D eigenvalue weighted by atomic mass is 16.1. The highest BCUT2D eigenvalue weighted by Gasteiger charge is 2.27. The Bertz CT molecular complexity index is 180. The number of carbonyl (C=O) groups is 1. The highest BCUT2D eigenvalue weighted by molar-refractivity contribution is 5.80. The monoisotopic (exact) mass is 196 g/mol. The topological polar surface area (TPSA) is 17.1 Å². The number of rotatable bonds is 4. The van der Waals surface area contributed by atoms with E-state index >= 15 is 0 Å². The van der Waals surface area contributed by atoms with Crippen molar-refractivity contribution < 1.29 is 4.79 Å². The summed E-state index contributed by atoms with van der Waals surface area (Å²) in [5.41, 5.74) is 0. The average molecular weight is 196 g/mol. The third kappa shape index (κ3) is 2.83. The molecule has 0 aromatic heterocycles. The van der Waals surface area contributed by atoms with Crippen LogP contribution in [0, 0.1) is 17.8 Å². The molecular weight excluding hydrogens is 172 g/mol. The largest absolute Gasteiger partial charge is 0.299 e. The Morgan fingerprint density at radius 3 is 2.29 bits per heavy atom. The molecule has 1 aliphatic rings. The third-order valence-corrected chi connectivity index (χ3v) is 4.04. The van der Waals surface area contributed by atoms with Crippen LogP contribution >= 0.6 is 0 Å². The molecule has 0 heterocycles. The van der Waals surface area contributed by atoms with Crippen LogP contribution in [0.15, 0.2) is 0 Å². The van der Waals surface area contributed by atoms with Crippen molar-refractivity contribution in [1.29, 1.82) is 0 Å². The first-order valence-electron chi connectivity index (χ1n) is 6.19. The maximum Gasteiger partial charge on any atom is 0.135 e. The van der Waals surface area contributed by atoms with Gasteiger partial charge in [-0.25, -0.2) is 0 Å². The molecule has 0 bridgehead atoms. The van der Waals surface area contributed by atoms with Gasteiger partial charge in [-0.05, 0) is 11.8 Å². The number of ketones is 1. The fourth-order valence-electron chi connectivity index (χ4n) is 2.68. The summed E-state index contributed by atoms with van der Waals surface area (Å²) in [5, 5.41) is 0. The zero-order valence-corrected chi connectivity index (χ0v) is 9.88. The predicted octanol–water partition coefficient (Wildman–Crippen LogP) is 3.82. The molecule has 1 heteroatoms. The van der Waals surface area contributed by atoms with Crippen LogP contribution in [0.3, 0.4) is 0 Å². The molecule has 1 fully saturated rings. The second-order valence-electron chi connectivity index (χ2n) is 4.87. The van der Waals surface area contributed by atoms with Gasteiger partial charge in [-0.3, -0.25) is 4.79 Å². The van der Waals surface area contributed by atoms with Crippen molar-refractivity contribution in [3.63, 3.8) is 0 Å². The van der Waals surface area contributed by atoms with Gasteiger partial charge in [-0.1, -0.05) is 52.9 Å². The van der Waals surface area contributed by atoms with Gasteiger partial charge < -0.3 is 0 Å². The van der Waals surface area contributed by atoms with Crippen LogP contribution < -0.4 is 0 Å². The first-order chi connectivity index (χ1) is 6.66. The van der Waals surface area contributed by atoms with Gasteiger partial charge in [0, 0.05) is 12.3 Å². The highest BCUT2D eigenvalue weighted by Crippen LogP contribution is 2.34. The van der Waals surface area contributed by atoms with Crippen molar-refractivity contribution >= 4 is 5.78 Å². The van der Waals surface area contributed by atoms with E-state index in [9.17, 15) is 4.79 Å². The van der Waals surface area contributed by atoms with Gasteiger partial charge in [-0.2, -0.15) is 0 Å². The van der Waals surface area contributed by atoms with Crippen LogP contribution in [0.2, 0.25) is 0 Å². The minimum Gasteiger partial charge on any atom is -0.299 e. The zero-order valence-electron chi connectivity index (χ0n) is 9.88. The maximum absolute atomic E-state index is 11.6. The lowest BCUT2D eigenvalue weighted by Gasteiger charge is -2.31. The summed E-state index contributed by atoms with van der Waals surface area (Å²) in [5.74, 6) is 2.14. The fourth-order valence-corrected chi connectivity index (χ4v) is 2.68. The van der Waals surface area contributed by atoms with Crippen molar-refractivity contribution in [3.05, 3.63) is 0 Å². The minimum absolute atomic E-state index is 0.281. The quantitative estimate of drug-likeness (QED) is 0.668. The number of carbonyl (C=O) groups excluding carboxylic acids is 1. The van der Waals surface area contributed by atoms with Crippen LogP contribution in [0.1, 0.15) is 59.3 Å². The van der Waals surface area contributed by atoms with Crippen LogP contribution in [-0.4, -0.2) is 5.78 Å². The van der Waals surface area contributed by atoms with Crippen molar-refractivity contribution in [2.75, 3.05) is 0 Å². The first kappa shape index (κ1) is 11.7. The molecule has 0 spiro atoms. The lowest BCUT2D eigenvalue weighted by atomic mass is 9.74. The van der Waals surface area contributed by atoms with Crippen molar-refractivity contribution in [1.82, 2.24) is 0 Å². The first-order valence-corrected chi connectivity index (χ1v) is 6.19. The van der Waals surface area contributed by atoms with E-state index in [2.05, 4.69) is 13.8 Å². The van der Waals surface area contributed by atoms with E-state index in [-0.39, 0.29) is 5.92 Å². The van der Waals surface area contributed by atoms with E-state index < -0.39 is 0 Å². The van der Waals surface area contributed by atoms with E-state index in [1.165, 1.54) is 32.1 Å². The van der Waals surface area contributed by atoms with Crippen molar-refractivity contribution in [2.45, 2.75) is 59.3 Å². The Kier molecular flexibility index (Phi) is 4.64. The lowest BCUT2D eigenvalue weighted by Crippen LogP contribution is -2.26. The zero-order chi connectivity index (χ0) is 10.6. The third-order valence-electron chi connectivity index (χ3n) is 4.04. The van der Waals surface area contributed by atoms with Crippen LogP contribution in [0.4, 0.5) is 0 Å². The van der Waals surface area contributed by atoms with Gasteiger partial charge >= 0.3 is 0 Å². The second-order valence-corrected chi connectivity index (χ2v) is 4.87. The molecule has 82 valence electrons. The Morgan fingerprint density at radius 1 is 1.21 bits per heavy atom. The van der Waals surface area contributed by atoms with Crippen molar-refractivity contribution in [3.8, 4) is 0 Å². The molecule has 1 saturated carbocycles. The smallest absolute Gasteiger partial charge is 0.135 e. The minimum atomic E-state index is 0.281. The maximum atomic E-state index is 11.6. The number of Topliss-reactive ketones (excluding diaryl/α,β-unsaturated/α-hetero) is 1. The molecule has 0 N–H and O–H groups in total. The average Bonchev–Trinajstić information content (AvgIpc) is 2.27. The Hall–Kier alpha value is -0.330. The van der Waals surface area contributed by atoms with Gasteiger partial charge in [0.05, 0.1) is 0 Å². The summed E-state index contributed by atoms with van der Waals surface area (Å²) in [6.07, 6.45) is 7.56. The molecule has 2 atom stereocenters. The molecule has 1 aliphatic carbocycles. The fraction of sp³-hybridized carbons (Fsp3) is 0.923. The molecule has 0 amide bonds. The normalized spacial score (nSPS) is 23.1.